The van der Waals surface area contributed by atoms with Crippen LogP contribution >= 0.6 is 0 Å². The summed E-state index contributed by atoms with van der Waals surface area (Å²) in [5.41, 5.74) is 5.67. The van der Waals surface area contributed by atoms with Gasteiger partial charge in [-0.3, -0.25) is 4.79 Å². The van der Waals surface area contributed by atoms with Crippen molar-refractivity contribution >= 4 is 28.3 Å². The van der Waals surface area contributed by atoms with E-state index in [-0.39, 0.29) is 11.3 Å². The Kier molecular flexibility index (Phi) is 5.65. The molecule has 0 spiro atoms. The van der Waals surface area contributed by atoms with E-state index in [9.17, 15) is 4.79 Å². The van der Waals surface area contributed by atoms with Gasteiger partial charge in [-0.2, -0.15) is 0 Å². The Morgan fingerprint density at radius 3 is 2.61 bits per heavy atom. The molecule has 31 heavy (non-hydrogen) atoms. The van der Waals surface area contributed by atoms with Gasteiger partial charge in [0, 0.05) is 42.4 Å². The smallest absolute Gasteiger partial charge is 0.225 e. The minimum absolute atomic E-state index is 0.0508. The van der Waals surface area contributed by atoms with E-state index in [2.05, 4.69) is 74.1 Å². The number of aromatic nitrogens is 2. The third kappa shape index (κ3) is 3.99. The van der Waals surface area contributed by atoms with Crippen molar-refractivity contribution in [1.29, 1.82) is 0 Å². The summed E-state index contributed by atoms with van der Waals surface area (Å²) in [7, 11) is 0. The lowest BCUT2D eigenvalue weighted by Crippen LogP contribution is -2.32. The van der Waals surface area contributed by atoms with Gasteiger partial charge < -0.3 is 19.9 Å². The molecule has 6 nitrogen and oxygen atoms in total. The molecule has 0 unspecified atom stereocenters. The van der Waals surface area contributed by atoms with E-state index >= 15 is 0 Å². The Hall–Kier alpha value is -3.02. The van der Waals surface area contributed by atoms with Crippen LogP contribution in [0, 0.1) is 0 Å². The predicted octanol–water partition coefficient (Wildman–Crippen LogP) is 5.48. The van der Waals surface area contributed by atoms with Crippen LogP contribution in [0.5, 0.6) is 5.75 Å². The van der Waals surface area contributed by atoms with E-state index < -0.39 is 0 Å². The van der Waals surface area contributed by atoms with Crippen LogP contribution in [0.15, 0.2) is 30.3 Å². The SMILES string of the molecule is CCCOc1cc(N(CC)CC)ccc1-c1nc2cc3c(cc2[nH]1)C(C)(C)CC(=O)N3. The molecule has 6 heteroatoms. The third-order valence-corrected chi connectivity index (χ3v) is 6.04. The zero-order valence-electron chi connectivity index (χ0n) is 19.1. The number of benzene rings is 2. The number of aromatic amines is 1. The number of hydrogen-bond acceptors (Lipinski definition) is 4. The highest BCUT2D eigenvalue weighted by atomic mass is 16.5. The highest BCUT2D eigenvalue weighted by molar-refractivity contribution is 5.98. The fraction of sp³-hybridized carbons (Fsp3) is 0.440. The summed E-state index contributed by atoms with van der Waals surface area (Å²) in [6.45, 7) is 13.2. The first kappa shape index (κ1) is 21.2. The van der Waals surface area contributed by atoms with E-state index in [1.165, 1.54) is 0 Å². The molecule has 4 rings (SSSR count). The molecule has 0 radical (unpaired) electrons. The highest BCUT2D eigenvalue weighted by Crippen LogP contribution is 2.40. The molecule has 1 aliphatic rings. The molecule has 2 heterocycles. The Balaban J connectivity index is 1.80. The van der Waals surface area contributed by atoms with Crippen LogP contribution < -0.4 is 15.0 Å². The summed E-state index contributed by atoms with van der Waals surface area (Å²) < 4.78 is 6.12. The molecule has 3 aromatic rings. The van der Waals surface area contributed by atoms with Crippen molar-refractivity contribution in [3.05, 3.63) is 35.9 Å². The second-order valence-electron chi connectivity index (χ2n) is 8.81. The van der Waals surface area contributed by atoms with Crippen molar-refractivity contribution in [2.75, 3.05) is 29.9 Å². The summed E-state index contributed by atoms with van der Waals surface area (Å²) in [6.07, 6.45) is 1.42. The number of imidazole rings is 1. The molecule has 0 atom stereocenters. The largest absolute Gasteiger partial charge is 0.493 e. The third-order valence-electron chi connectivity index (χ3n) is 6.04. The van der Waals surface area contributed by atoms with E-state index in [1.807, 2.05) is 6.07 Å². The summed E-state index contributed by atoms with van der Waals surface area (Å²) in [5, 5.41) is 3.01. The Morgan fingerprint density at radius 1 is 1.13 bits per heavy atom. The number of rotatable bonds is 7. The first-order valence-corrected chi connectivity index (χ1v) is 11.2. The maximum atomic E-state index is 12.1. The fourth-order valence-electron chi connectivity index (χ4n) is 4.36. The maximum Gasteiger partial charge on any atom is 0.225 e. The van der Waals surface area contributed by atoms with Crippen LogP contribution in [-0.4, -0.2) is 35.6 Å². The van der Waals surface area contributed by atoms with Gasteiger partial charge in [0.2, 0.25) is 5.91 Å². The van der Waals surface area contributed by atoms with E-state index in [0.29, 0.717) is 13.0 Å². The summed E-state index contributed by atoms with van der Waals surface area (Å²) >= 11 is 0. The van der Waals surface area contributed by atoms with Gasteiger partial charge in [0.15, 0.2) is 0 Å². The monoisotopic (exact) mass is 420 g/mol. The normalized spacial score (nSPS) is 14.9. The molecular weight excluding hydrogens is 388 g/mol. The molecule has 0 saturated carbocycles. The number of fused-ring (bicyclic) bond motifs is 2. The van der Waals surface area contributed by atoms with E-state index in [1.54, 1.807) is 0 Å². The van der Waals surface area contributed by atoms with Crippen LogP contribution in [0.2, 0.25) is 0 Å². The Labute approximate surface area is 184 Å². The fourth-order valence-corrected chi connectivity index (χ4v) is 4.36. The predicted molar refractivity (Wildman–Crippen MR) is 127 cm³/mol. The van der Waals surface area contributed by atoms with Gasteiger partial charge in [-0.25, -0.2) is 4.98 Å². The zero-order chi connectivity index (χ0) is 22.2. The average Bonchev–Trinajstić information content (AvgIpc) is 3.14. The standard InChI is InChI=1S/C25H32N4O2/c1-6-11-31-22-12-16(29(7-2)8-3)9-10-17(22)24-27-20-13-18-19(14-21(20)28-24)26-23(30)15-25(18,4)5/h9-10,12-14H,6-8,11,15H2,1-5H3,(H,26,30)(H,27,28). The Morgan fingerprint density at radius 2 is 1.90 bits per heavy atom. The van der Waals surface area contributed by atoms with Crippen molar-refractivity contribution in [2.24, 2.45) is 0 Å². The van der Waals surface area contributed by atoms with Crippen LogP contribution in [0.4, 0.5) is 11.4 Å². The highest BCUT2D eigenvalue weighted by Gasteiger charge is 2.32. The molecule has 2 N–H and O–H groups in total. The minimum atomic E-state index is -0.210. The molecule has 164 valence electrons. The summed E-state index contributed by atoms with van der Waals surface area (Å²) in [6, 6.07) is 10.4. The van der Waals surface area contributed by atoms with Crippen molar-refractivity contribution in [2.45, 2.75) is 52.9 Å². The molecule has 0 aliphatic carbocycles. The molecule has 0 fully saturated rings. The van der Waals surface area contributed by atoms with Gasteiger partial charge in [-0.1, -0.05) is 20.8 Å². The zero-order valence-corrected chi connectivity index (χ0v) is 19.1. The number of hydrogen-bond donors (Lipinski definition) is 2. The molecule has 1 aliphatic heterocycles. The average molecular weight is 421 g/mol. The lowest BCUT2D eigenvalue weighted by molar-refractivity contribution is -0.117. The quantitative estimate of drug-likeness (QED) is 0.531. The molecule has 1 aromatic heterocycles. The number of nitrogens with one attached hydrogen (secondary N) is 2. The van der Waals surface area contributed by atoms with Gasteiger partial charge in [-0.05, 0) is 50.1 Å². The van der Waals surface area contributed by atoms with Gasteiger partial charge in [0.05, 0.1) is 23.2 Å². The lowest BCUT2D eigenvalue weighted by atomic mass is 9.78. The van der Waals surface area contributed by atoms with Crippen molar-refractivity contribution in [3.8, 4) is 17.1 Å². The van der Waals surface area contributed by atoms with Crippen molar-refractivity contribution in [1.82, 2.24) is 9.97 Å². The number of anilines is 2. The molecular formula is C25H32N4O2. The van der Waals surface area contributed by atoms with E-state index in [0.717, 1.165) is 64.6 Å². The van der Waals surface area contributed by atoms with Crippen LogP contribution in [0.25, 0.3) is 22.4 Å². The first-order chi connectivity index (χ1) is 14.9. The van der Waals surface area contributed by atoms with Gasteiger partial charge >= 0.3 is 0 Å². The second-order valence-corrected chi connectivity index (χ2v) is 8.81. The van der Waals surface area contributed by atoms with Crippen molar-refractivity contribution < 1.29 is 9.53 Å². The second kappa shape index (κ2) is 8.25. The molecule has 2 aromatic carbocycles. The van der Waals surface area contributed by atoms with Crippen LogP contribution in [0.3, 0.4) is 0 Å². The number of carbonyl (C=O) groups is 1. The molecule has 0 bridgehead atoms. The van der Waals surface area contributed by atoms with Crippen molar-refractivity contribution in [3.63, 3.8) is 0 Å². The van der Waals surface area contributed by atoms with Crippen LogP contribution in [-0.2, 0) is 10.2 Å². The molecule has 1 amide bonds. The lowest BCUT2D eigenvalue weighted by Gasteiger charge is -2.31. The van der Waals surface area contributed by atoms with E-state index in [4.69, 9.17) is 9.72 Å². The van der Waals surface area contributed by atoms with Gasteiger partial charge in [0.1, 0.15) is 11.6 Å². The summed E-state index contributed by atoms with van der Waals surface area (Å²) in [4.78, 5) is 22.8. The number of ether oxygens (including phenoxy) is 1. The van der Waals surface area contributed by atoms with Gasteiger partial charge in [0.25, 0.3) is 0 Å². The molecule has 0 saturated heterocycles. The van der Waals surface area contributed by atoms with Gasteiger partial charge in [-0.15, -0.1) is 0 Å². The first-order valence-electron chi connectivity index (χ1n) is 11.2. The van der Waals surface area contributed by atoms with Crippen LogP contribution in [0.1, 0.15) is 53.0 Å². The summed E-state index contributed by atoms with van der Waals surface area (Å²) in [5.74, 6) is 1.66. The topological polar surface area (TPSA) is 70.2 Å². The maximum absolute atomic E-state index is 12.1. The number of nitrogens with zero attached hydrogens (tertiary/aromatic N) is 2. The Bertz CT molecular complexity index is 1110. The number of amides is 1. The number of carbonyl (C=O) groups excluding carboxylic acids is 1. The number of H-pyrrole nitrogens is 1. The minimum Gasteiger partial charge on any atom is -0.493 e.